The average Bonchev–Trinajstić information content (AvgIpc) is 2.18. The molecule has 4 heteroatoms. The lowest BCUT2D eigenvalue weighted by Gasteiger charge is -2.35. The van der Waals surface area contributed by atoms with Gasteiger partial charge in [0.1, 0.15) is 0 Å². The van der Waals surface area contributed by atoms with Crippen LogP contribution in [0.5, 0.6) is 0 Å². The zero-order valence-electron chi connectivity index (χ0n) is 9.36. The van der Waals surface area contributed by atoms with Gasteiger partial charge in [-0.05, 0) is 39.7 Å². The summed E-state index contributed by atoms with van der Waals surface area (Å²) in [6.45, 7) is 4.71. The largest absolute Gasteiger partial charge is 0.481 e. The van der Waals surface area contributed by atoms with E-state index in [1.54, 1.807) is 13.8 Å². The molecule has 1 rings (SSSR count). The minimum Gasteiger partial charge on any atom is -0.481 e. The van der Waals surface area contributed by atoms with Crippen LogP contribution in [-0.4, -0.2) is 35.1 Å². The Hall–Kier alpha value is -1.08. The molecular weight excluding hydrogens is 192 g/mol. The van der Waals surface area contributed by atoms with Gasteiger partial charge >= 0.3 is 5.97 Å². The van der Waals surface area contributed by atoms with E-state index in [9.17, 15) is 4.79 Å². The highest BCUT2D eigenvalue weighted by atomic mass is 16.4. The molecule has 1 unspecified atom stereocenters. The molecule has 0 aromatic heterocycles. The summed E-state index contributed by atoms with van der Waals surface area (Å²) in [4.78, 5) is 13.0. The third-order valence-corrected chi connectivity index (χ3v) is 2.94. The second kappa shape index (κ2) is 4.63. The topological polar surface area (TPSA) is 64.3 Å². The number of carboxylic acids is 1. The average molecular weight is 210 g/mol. The lowest BCUT2D eigenvalue weighted by molar-refractivity contribution is -0.148. The Labute approximate surface area is 90.5 Å². The molecule has 0 radical (unpaired) electrons. The van der Waals surface area contributed by atoms with Gasteiger partial charge in [-0.25, -0.2) is 0 Å². The Morgan fingerprint density at radius 2 is 2.27 bits per heavy atom. The van der Waals surface area contributed by atoms with Crippen LogP contribution in [-0.2, 0) is 4.79 Å². The summed E-state index contributed by atoms with van der Waals surface area (Å²) in [6, 6.07) is 2.15. The number of hydrogen-bond acceptors (Lipinski definition) is 3. The number of nitriles is 1. The van der Waals surface area contributed by atoms with Gasteiger partial charge in [0, 0.05) is 6.54 Å². The van der Waals surface area contributed by atoms with E-state index in [0.29, 0.717) is 6.54 Å². The molecule has 15 heavy (non-hydrogen) atoms. The SMILES string of the molecule is CC(C)(CN1CCCCC1C#N)C(=O)O. The van der Waals surface area contributed by atoms with E-state index in [1.807, 2.05) is 4.90 Å². The van der Waals surface area contributed by atoms with Crippen molar-refractivity contribution in [1.82, 2.24) is 4.90 Å². The number of likely N-dealkylation sites (tertiary alicyclic amines) is 1. The van der Waals surface area contributed by atoms with E-state index in [1.165, 1.54) is 0 Å². The summed E-state index contributed by atoms with van der Waals surface area (Å²) in [5, 5.41) is 18.0. The number of carbonyl (C=O) groups is 1. The normalized spacial score (nSPS) is 23.4. The Balaban J connectivity index is 2.63. The molecule has 0 aromatic rings. The number of rotatable bonds is 3. The number of carboxylic acid groups (broad SMARTS) is 1. The van der Waals surface area contributed by atoms with Gasteiger partial charge in [0.25, 0.3) is 0 Å². The van der Waals surface area contributed by atoms with E-state index in [-0.39, 0.29) is 6.04 Å². The van der Waals surface area contributed by atoms with Crippen LogP contribution in [0.4, 0.5) is 0 Å². The quantitative estimate of drug-likeness (QED) is 0.766. The Kier molecular flexibility index (Phi) is 3.70. The fraction of sp³-hybridized carbons (Fsp3) is 0.818. The number of hydrogen-bond donors (Lipinski definition) is 1. The standard InChI is InChI=1S/C11H18N2O2/c1-11(2,10(14)15)8-13-6-4-3-5-9(13)7-12/h9H,3-6,8H2,1-2H3,(H,14,15). The van der Waals surface area contributed by atoms with E-state index < -0.39 is 11.4 Å². The summed E-state index contributed by atoms with van der Waals surface area (Å²) in [5.41, 5.74) is -0.771. The molecule has 1 atom stereocenters. The molecule has 1 saturated heterocycles. The van der Waals surface area contributed by atoms with E-state index in [2.05, 4.69) is 6.07 Å². The number of piperidine rings is 1. The molecule has 0 spiro atoms. The van der Waals surface area contributed by atoms with Crippen molar-refractivity contribution in [2.75, 3.05) is 13.1 Å². The molecule has 1 heterocycles. The van der Waals surface area contributed by atoms with Gasteiger partial charge in [-0.3, -0.25) is 9.69 Å². The minimum absolute atomic E-state index is 0.0997. The maximum Gasteiger partial charge on any atom is 0.310 e. The smallest absolute Gasteiger partial charge is 0.310 e. The highest BCUT2D eigenvalue weighted by Gasteiger charge is 2.33. The molecule has 4 nitrogen and oxygen atoms in total. The minimum atomic E-state index is -0.801. The molecule has 0 aliphatic carbocycles. The molecule has 1 aliphatic heterocycles. The molecule has 0 saturated carbocycles. The summed E-state index contributed by atoms with van der Waals surface area (Å²) >= 11 is 0. The predicted molar refractivity (Wildman–Crippen MR) is 56.2 cm³/mol. The van der Waals surface area contributed by atoms with Gasteiger partial charge in [0.05, 0.1) is 17.5 Å². The third-order valence-electron chi connectivity index (χ3n) is 2.94. The number of nitrogens with zero attached hydrogens (tertiary/aromatic N) is 2. The molecule has 0 bridgehead atoms. The van der Waals surface area contributed by atoms with Gasteiger partial charge in [-0.15, -0.1) is 0 Å². The van der Waals surface area contributed by atoms with Crippen molar-refractivity contribution in [1.29, 1.82) is 5.26 Å². The zero-order chi connectivity index (χ0) is 11.5. The van der Waals surface area contributed by atoms with Crippen molar-refractivity contribution in [2.24, 2.45) is 5.41 Å². The summed E-state index contributed by atoms with van der Waals surface area (Å²) < 4.78 is 0. The van der Waals surface area contributed by atoms with Crippen LogP contribution < -0.4 is 0 Å². The van der Waals surface area contributed by atoms with Gasteiger partial charge in [0.2, 0.25) is 0 Å². The molecule has 1 fully saturated rings. The van der Waals surface area contributed by atoms with Crippen LogP contribution in [0.3, 0.4) is 0 Å². The van der Waals surface area contributed by atoms with Crippen molar-refractivity contribution in [2.45, 2.75) is 39.2 Å². The van der Waals surface area contributed by atoms with E-state index >= 15 is 0 Å². The maximum absolute atomic E-state index is 11.0. The highest BCUT2D eigenvalue weighted by molar-refractivity contribution is 5.73. The van der Waals surface area contributed by atoms with Crippen LogP contribution in [0.1, 0.15) is 33.1 Å². The highest BCUT2D eigenvalue weighted by Crippen LogP contribution is 2.23. The fourth-order valence-corrected chi connectivity index (χ4v) is 1.90. The first-order valence-corrected chi connectivity index (χ1v) is 5.34. The third kappa shape index (κ3) is 2.93. The Morgan fingerprint density at radius 3 is 2.80 bits per heavy atom. The van der Waals surface area contributed by atoms with Crippen LogP contribution in [0.25, 0.3) is 0 Å². The summed E-state index contributed by atoms with van der Waals surface area (Å²) in [6.07, 6.45) is 3.00. The Morgan fingerprint density at radius 1 is 1.60 bits per heavy atom. The van der Waals surface area contributed by atoms with Gasteiger partial charge in [-0.1, -0.05) is 0 Å². The van der Waals surface area contributed by atoms with Gasteiger partial charge < -0.3 is 5.11 Å². The van der Waals surface area contributed by atoms with Crippen LogP contribution >= 0.6 is 0 Å². The second-order valence-electron chi connectivity index (χ2n) is 4.80. The molecule has 1 aliphatic rings. The maximum atomic E-state index is 11.0. The molecular formula is C11H18N2O2. The molecule has 84 valence electrons. The lowest BCUT2D eigenvalue weighted by atomic mass is 9.90. The van der Waals surface area contributed by atoms with Crippen molar-refractivity contribution in [3.8, 4) is 6.07 Å². The fourth-order valence-electron chi connectivity index (χ4n) is 1.90. The van der Waals surface area contributed by atoms with E-state index in [4.69, 9.17) is 10.4 Å². The molecule has 1 N–H and O–H groups in total. The first kappa shape index (κ1) is 12.0. The van der Waals surface area contributed by atoms with Crippen LogP contribution in [0.2, 0.25) is 0 Å². The number of aliphatic carboxylic acids is 1. The van der Waals surface area contributed by atoms with Crippen molar-refractivity contribution < 1.29 is 9.90 Å². The predicted octanol–water partition coefficient (Wildman–Crippen LogP) is 1.48. The monoisotopic (exact) mass is 210 g/mol. The lowest BCUT2D eigenvalue weighted by Crippen LogP contribution is -2.46. The molecule has 0 amide bonds. The summed E-state index contributed by atoms with van der Waals surface area (Å²) in [5.74, 6) is -0.801. The first-order chi connectivity index (χ1) is 6.97. The summed E-state index contributed by atoms with van der Waals surface area (Å²) in [7, 11) is 0. The zero-order valence-corrected chi connectivity index (χ0v) is 9.36. The van der Waals surface area contributed by atoms with Crippen molar-refractivity contribution in [3.63, 3.8) is 0 Å². The van der Waals surface area contributed by atoms with Gasteiger partial charge in [0.15, 0.2) is 0 Å². The van der Waals surface area contributed by atoms with Gasteiger partial charge in [-0.2, -0.15) is 5.26 Å². The van der Waals surface area contributed by atoms with Crippen LogP contribution in [0.15, 0.2) is 0 Å². The Bertz CT molecular complexity index is 281. The van der Waals surface area contributed by atoms with Crippen LogP contribution in [0, 0.1) is 16.7 Å². The first-order valence-electron chi connectivity index (χ1n) is 5.34. The van der Waals surface area contributed by atoms with E-state index in [0.717, 1.165) is 25.8 Å². The molecule has 0 aromatic carbocycles. The van der Waals surface area contributed by atoms with Crippen molar-refractivity contribution in [3.05, 3.63) is 0 Å². The second-order valence-corrected chi connectivity index (χ2v) is 4.80. The van der Waals surface area contributed by atoms with Crippen molar-refractivity contribution >= 4 is 5.97 Å².